The Labute approximate surface area is 109 Å². The van der Waals surface area contributed by atoms with Gasteiger partial charge in [-0.3, -0.25) is 0 Å². The molecule has 4 nitrogen and oxygen atoms in total. The van der Waals surface area contributed by atoms with E-state index in [9.17, 15) is 13.2 Å². The van der Waals surface area contributed by atoms with Gasteiger partial charge in [-0.1, -0.05) is 6.07 Å². The van der Waals surface area contributed by atoms with Crippen molar-refractivity contribution in [2.75, 3.05) is 20.5 Å². The summed E-state index contributed by atoms with van der Waals surface area (Å²) in [6.45, 7) is -0.0532. The molecule has 0 fully saturated rings. The lowest BCUT2D eigenvalue weighted by molar-refractivity contribution is -0.186. The van der Waals surface area contributed by atoms with Crippen molar-refractivity contribution in [2.45, 2.75) is 19.1 Å². The Kier molecular flexibility index (Phi) is 5.44. The highest BCUT2D eigenvalue weighted by molar-refractivity contribution is 5.43. The summed E-state index contributed by atoms with van der Waals surface area (Å²) >= 11 is 0. The molecule has 0 radical (unpaired) electrons. The first-order valence-corrected chi connectivity index (χ1v) is 5.54. The number of ether oxygens (including phenoxy) is 3. The van der Waals surface area contributed by atoms with Gasteiger partial charge in [-0.05, 0) is 24.6 Å². The molecule has 1 rings (SSSR count). The number of hydrogen-bond acceptors (Lipinski definition) is 4. The second kappa shape index (κ2) is 6.63. The van der Waals surface area contributed by atoms with Gasteiger partial charge in [0.2, 0.25) is 0 Å². The van der Waals surface area contributed by atoms with E-state index in [1.807, 2.05) is 6.92 Å². The number of benzene rings is 1. The molecule has 19 heavy (non-hydrogen) atoms. The van der Waals surface area contributed by atoms with E-state index in [2.05, 4.69) is 4.74 Å². The molecule has 0 aliphatic rings. The molecule has 0 aromatic heterocycles. The summed E-state index contributed by atoms with van der Waals surface area (Å²) in [4.78, 5) is 0. The lowest BCUT2D eigenvalue weighted by Crippen LogP contribution is -2.19. The normalized spacial score (nSPS) is 13.2. The summed E-state index contributed by atoms with van der Waals surface area (Å²) in [5.41, 5.74) is 6.54. The van der Waals surface area contributed by atoms with Gasteiger partial charge in [-0.25, -0.2) is 0 Å². The number of methoxy groups -OCH3 is 1. The SMILES string of the molecule is COc1cc(C(C)N)ccc1OCOCC(F)(F)F. The van der Waals surface area contributed by atoms with Gasteiger partial charge < -0.3 is 19.9 Å². The van der Waals surface area contributed by atoms with Crippen molar-refractivity contribution >= 4 is 0 Å². The molecule has 108 valence electrons. The van der Waals surface area contributed by atoms with Crippen molar-refractivity contribution in [1.82, 2.24) is 0 Å². The molecular weight excluding hydrogens is 263 g/mol. The zero-order valence-electron chi connectivity index (χ0n) is 10.7. The third-order valence-corrected chi connectivity index (χ3v) is 2.28. The van der Waals surface area contributed by atoms with E-state index in [1.165, 1.54) is 7.11 Å². The standard InChI is InChI=1S/C12H16F3NO3/c1-8(16)9-3-4-10(11(5-9)17-2)19-7-18-6-12(13,14)15/h3-5,8H,6-7,16H2,1-2H3. The highest BCUT2D eigenvalue weighted by Gasteiger charge is 2.27. The van der Waals surface area contributed by atoms with E-state index in [4.69, 9.17) is 15.2 Å². The molecule has 2 N–H and O–H groups in total. The van der Waals surface area contributed by atoms with E-state index < -0.39 is 19.6 Å². The van der Waals surface area contributed by atoms with Gasteiger partial charge in [-0.2, -0.15) is 13.2 Å². The molecular formula is C12H16F3NO3. The van der Waals surface area contributed by atoms with Gasteiger partial charge in [0.25, 0.3) is 0 Å². The van der Waals surface area contributed by atoms with Gasteiger partial charge in [0.05, 0.1) is 7.11 Å². The van der Waals surface area contributed by atoms with Crippen LogP contribution in [0.3, 0.4) is 0 Å². The number of alkyl halides is 3. The van der Waals surface area contributed by atoms with Crippen molar-refractivity contribution in [1.29, 1.82) is 0 Å². The predicted molar refractivity (Wildman–Crippen MR) is 63.1 cm³/mol. The maximum absolute atomic E-state index is 11.8. The Morgan fingerprint density at radius 2 is 1.95 bits per heavy atom. The summed E-state index contributed by atoms with van der Waals surface area (Å²) in [5, 5.41) is 0. The zero-order valence-corrected chi connectivity index (χ0v) is 10.7. The highest BCUT2D eigenvalue weighted by Crippen LogP contribution is 2.29. The van der Waals surface area contributed by atoms with E-state index in [0.29, 0.717) is 11.5 Å². The molecule has 0 aliphatic heterocycles. The van der Waals surface area contributed by atoms with Gasteiger partial charge >= 0.3 is 6.18 Å². The molecule has 0 heterocycles. The highest BCUT2D eigenvalue weighted by atomic mass is 19.4. The summed E-state index contributed by atoms with van der Waals surface area (Å²) in [7, 11) is 1.43. The quantitative estimate of drug-likeness (QED) is 0.642. The lowest BCUT2D eigenvalue weighted by Gasteiger charge is -2.14. The van der Waals surface area contributed by atoms with Crippen LogP contribution in [0, 0.1) is 0 Å². The molecule has 7 heteroatoms. The first kappa shape index (κ1) is 15.6. The zero-order chi connectivity index (χ0) is 14.5. The van der Waals surface area contributed by atoms with Gasteiger partial charge in [0.1, 0.15) is 6.61 Å². The lowest BCUT2D eigenvalue weighted by atomic mass is 10.1. The van der Waals surface area contributed by atoms with Gasteiger partial charge in [-0.15, -0.1) is 0 Å². The number of halogens is 3. The van der Waals surface area contributed by atoms with E-state index in [-0.39, 0.29) is 6.04 Å². The van der Waals surface area contributed by atoms with Crippen LogP contribution in [0.15, 0.2) is 18.2 Å². The second-order valence-corrected chi connectivity index (χ2v) is 3.92. The van der Waals surface area contributed by atoms with E-state index >= 15 is 0 Å². The third kappa shape index (κ3) is 5.35. The summed E-state index contributed by atoms with van der Waals surface area (Å²) < 4.78 is 50.0. The van der Waals surface area contributed by atoms with Crippen molar-refractivity contribution in [3.8, 4) is 11.5 Å². The fraction of sp³-hybridized carbons (Fsp3) is 0.500. The monoisotopic (exact) mass is 279 g/mol. The Morgan fingerprint density at radius 3 is 2.47 bits per heavy atom. The van der Waals surface area contributed by atoms with Crippen molar-refractivity contribution in [3.05, 3.63) is 23.8 Å². The van der Waals surface area contributed by atoms with Crippen LogP contribution in [-0.4, -0.2) is 26.7 Å². The van der Waals surface area contributed by atoms with Crippen LogP contribution in [0.25, 0.3) is 0 Å². The summed E-state index contributed by atoms with van der Waals surface area (Å²) in [6, 6.07) is 4.79. The van der Waals surface area contributed by atoms with Crippen LogP contribution in [0.2, 0.25) is 0 Å². The van der Waals surface area contributed by atoms with Crippen molar-refractivity contribution in [3.63, 3.8) is 0 Å². The Bertz CT molecular complexity index is 408. The Hall–Kier alpha value is -1.47. The topological polar surface area (TPSA) is 53.7 Å². The fourth-order valence-corrected chi connectivity index (χ4v) is 1.35. The van der Waals surface area contributed by atoms with Crippen LogP contribution in [0.5, 0.6) is 11.5 Å². The number of nitrogens with two attached hydrogens (primary N) is 1. The maximum Gasteiger partial charge on any atom is 0.411 e. The van der Waals surface area contributed by atoms with Crippen LogP contribution in [0.1, 0.15) is 18.5 Å². The fourth-order valence-electron chi connectivity index (χ4n) is 1.35. The molecule has 1 aromatic rings. The molecule has 0 aliphatic carbocycles. The summed E-state index contributed by atoms with van der Waals surface area (Å²) in [6.07, 6.45) is -4.37. The number of rotatable bonds is 6. The Morgan fingerprint density at radius 1 is 1.26 bits per heavy atom. The first-order valence-electron chi connectivity index (χ1n) is 5.54. The summed E-state index contributed by atoms with van der Waals surface area (Å²) in [5.74, 6) is 0.694. The molecule has 0 saturated carbocycles. The molecule has 1 aromatic carbocycles. The Balaban J connectivity index is 2.58. The predicted octanol–water partition coefficient (Wildman–Crippen LogP) is 2.63. The maximum atomic E-state index is 11.8. The minimum absolute atomic E-state index is 0.176. The van der Waals surface area contributed by atoms with Gasteiger partial charge in [0, 0.05) is 6.04 Å². The molecule has 0 spiro atoms. The van der Waals surface area contributed by atoms with Crippen LogP contribution in [-0.2, 0) is 4.74 Å². The largest absolute Gasteiger partial charge is 0.493 e. The van der Waals surface area contributed by atoms with Gasteiger partial charge in [0.15, 0.2) is 18.3 Å². The van der Waals surface area contributed by atoms with E-state index in [0.717, 1.165) is 5.56 Å². The minimum atomic E-state index is -4.37. The smallest absolute Gasteiger partial charge is 0.411 e. The van der Waals surface area contributed by atoms with Crippen molar-refractivity contribution < 1.29 is 27.4 Å². The van der Waals surface area contributed by atoms with Crippen LogP contribution < -0.4 is 15.2 Å². The van der Waals surface area contributed by atoms with E-state index in [1.54, 1.807) is 18.2 Å². The molecule has 0 bridgehead atoms. The molecule has 0 amide bonds. The first-order chi connectivity index (χ1) is 8.83. The minimum Gasteiger partial charge on any atom is -0.493 e. The molecule has 0 saturated heterocycles. The average molecular weight is 279 g/mol. The number of hydrogen-bond donors (Lipinski definition) is 1. The molecule has 1 unspecified atom stereocenters. The average Bonchev–Trinajstić information content (AvgIpc) is 2.33. The van der Waals surface area contributed by atoms with Crippen LogP contribution >= 0.6 is 0 Å². The van der Waals surface area contributed by atoms with Crippen LogP contribution in [0.4, 0.5) is 13.2 Å². The molecule has 1 atom stereocenters. The third-order valence-electron chi connectivity index (χ3n) is 2.28. The van der Waals surface area contributed by atoms with Crippen molar-refractivity contribution in [2.24, 2.45) is 5.73 Å². The second-order valence-electron chi connectivity index (χ2n) is 3.92.